The quantitative estimate of drug-likeness (QED) is 0.263. The Morgan fingerprint density at radius 1 is 0.621 bits per heavy atom. The molecular weight excluding hydrogens is 368 g/mol. The molecule has 0 saturated heterocycles. The van der Waals surface area contributed by atoms with E-state index in [-0.39, 0.29) is 23.0 Å². The number of aromatic hydroxyl groups is 4. The fourth-order valence-corrected chi connectivity index (χ4v) is 3.05. The van der Waals surface area contributed by atoms with Crippen LogP contribution in [0, 0.1) is 0 Å². The summed E-state index contributed by atoms with van der Waals surface area (Å²) >= 11 is 0. The Labute approximate surface area is 171 Å². The first-order valence-electron chi connectivity index (χ1n) is 9.95. The second kappa shape index (κ2) is 11.1. The van der Waals surface area contributed by atoms with Crippen molar-refractivity contribution >= 4 is 11.4 Å². The molecule has 0 saturated carbocycles. The maximum Gasteiger partial charge on any atom is 0.124 e. The van der Waals surface area contributed by atoms with Crippen molar-refractivity contribution in [2.45, 2.75) is 46.0 Å². The standard InChI is InChI=1S/C23H30N2O4/c1-16(20-14-18(26)8-10-22(20)28)24-12-6-4-3-5-7-13-25-17(2)21-15-19(27)9-11-23(21)29/h8-11,14-15,26-29H,3-7,12-13H2,1-2H3. The number of hydrogen-bond acceptors (Lipinski definition) is 6. The van der Waals surface area contributed by atoms with E-state index in [2.05, 4.69) is 9.98 Å². The van der Waals surface area contributed by atoms with Crippen molar-refractivity contribution in [2.75, 3.05) is 13.1 Å². The Bertz CT molecular complexity index is 804. The first kappa shape index (κ1) is 22.3. The van der Waals surface area contributed by atoms with Gasteiger partial charge in [0.15, 0.2) is 0 Å². The van der Waals surface area contributed by atoms with Crippen LogP contribution < -0.4 is 0 Å². The fraction of sp³-hybridized carbons (Fsp3) is 0.391. The van der Waals surface area contributed by atoms with Crippen LogP contribution in [-0.2, 0) is 0 Å². The first-order chi connectivity index (χ1) is 13.9. The van der Waals surface area contributed by atoms with Crippen LogP contribution in [0.15, 0.2) is 46.4 Å². The van der Waals surface area contributed by atoms with Gasteiger partial charge < -0.3 is 20.4 Å². The maximum atomic E-state index is 9.84. The molecule has 2 rings (SSSR count). The van der Waals surface area contributed by atoms with E-state index in [1.54, 1.807) is 0 Å². The number of nitrogens with zero attached hydrogens (tertiary/aromatic N) is 2. The van der Waals surface area contributed by atoms with Crippen LogP contribution in [0.2, 0.25) is 0 Å². The zero-order chi connectivity index (χ0) is 21.2. The molecule has 0 spiro atoms. The van der Waals surface area contributed by atoms with Crippen molar-refractivity contribution in [3.63, 3.8) is 0 Å². The van der Waals surface area contributed by atoms with Crippen LogP contribution in [-0.4, -0.2) is 44.9 Å². The molecule has 4 N–H and O–H groups in total. The highest BCUT2D eigenvalue weighted by Gasteiger charge is 2.06. The van der Waals surface area contributed by atoms with Crippen molar-refractivity contribution in [3.05, 3.63) is 47.5 Å². The fourth-order valence-electron chi connectivity index (χ4n) is 3.05. The number of aliphatic imine (C=N–C) groups is 2. The third-order valence-corrected chi connectivity index (χ3v) is 4.75. The van der Waals surface area contributed by atoms with E-state index in [4.69, 9.17) is 0 Å². The van der Waals surface area contributed by atoms with Gasteiger partial charge >= 0.3 is 0 Å². The van der Waals surface area contributed by atoms with Crippen molar-refractivity contribution < 1.29 is 20.4 Å². The lowest BCUT2D eigenvalue weighted by atomic mass is 10.1. The predicted molar refractivity (Wildman–Crippen MR) is 117 cm³/mol. The van der Waals surface area contributed by atoms with Crippen molar-refractivity contribution in [1.29, 1.82) is 0 Å². The SMILES string of the molecule is CC(=NCCCCCCCN=C(C)c1cc(O)ccc1O)c1cc(O)ccc1O. The molecule has 0 aliphatic heterocycles. The summed E-state index contributed by atoms with van der Waals surface area (Å²) in [5, 5.41) is 38.7. The van der Waals surface area contributed by atoms with Crippen LogP contribution in [0.3, 0.4) is 0 Å². The lowest BCUT2D eigenvalue weighted by Gasteiger charge is -2.06. The van der Waals surface area contributed by atoms with Gasteiger partial charge in [0.25, 0.3) is 0 Å². The lowest BCUT2D eigenvalue weighted by Crippen LogP contribution is -1.98. The van der Waals surface area contributed by atoms with E-state index < -0.39 is 0 Å². The van der Waals surface area contributed by atoms with Gasteiger partial charge in [0.2, 0.25) is 0 Å². The molecular formula is C23H30N2O4. The van der Waals surface area contributed by atoms with Gasteiger partial charge in [0, 0.05) is 35.6 Å². The summed E-state index contributed by atoms with van der Waals surface area (Å²) < 4.78 is 0. The molecule has 0 aliphatic carbocycles. The molecule has 0 bridgehead atoms. The van der Waals surface area contributed by atoms with Crippen molar-refractivity contribution in [2.24, 2.45) is 9.98 Å². The summed E-state index contributed by atoms with van der Waals surface area (Å²) in [6.07, 6.45) is 5.17. The van der Waals surface area contributed by atoms with Gasteiger partial charge in [-0.3, -0.25) is 9.98 Å². The number of unbranched alkanes of at least 4 members (excludes halogenated alkanes) is 4. The van der Waals surface area contributed by atoms with Crippen LogP contribution >= 0.6 is 0 Å². The van der Waals surface area contributed by atoms with Gasteiger partial charge in [-0.15, -0.1) is 0 Å². The highest BCUT2D eigenvalue weighted by molar-refractivity contribution is 6.01. The number of phenolic OH excluding ortho intramolecular Hbond substituents is 4. The highest BCUT2D eigenvalue weighted by Crippen LogP contribution is 2.23. The normalized spacial score (nSPS) is 12.3. The molecule has 0 amide bonds. The minimum absolute atomic E-state index is 0.115. The topological polar surface area (TPSA) is 106 Å². The van der Waals surface area contributed by atoms with Crippen molar-refractivity contribution in [3.8, 4) is 23.0 Å². The summed E-state index contributed by atoms with van der Waals surface area (Å²) in [5.74, 6) is 0.479. The molecule has 0 radical (unpaired) electrons. The number of hydrogen-bond donors (Lipinski definition) is 4. The predicted octanol–water partition coefficient (Wildman–Crippen LogP) is 4.78. The zero-order valence-electron chi connectivity index (χ0n) is 17.1. The summed E-state index contributed by atoms with van der Waals surface area (Å²) in [5.41, 5.74) is 2.57. The smallest absolute Gasteiger partial charge is 0.124 e. The van der Waals surface area contributed by atoms with Crippen LogP contribution in [0.1, 0.15) is 57.1 Å². The zero-order valence-corrected chi connectivity index (χ0v) is 17.1. The molecule has 156 valence electrons. The van der Waals surface area contributed by atoms with E-state index in [0.717, 1.165) is 43.5 Å². The molecule has 0 unspecified atom stereocenters. The average molecular weight is 399 g/mol. The summed E-state index contributed by atoms with van der Waals surface area (Å²) in [7, 11) is 0. The van der Waals surface area contributed by atoms with E-state index >= 15 is 0 Å². The van der Waals surface area contributed by atoms with Gasteiger partial charge in [-0.05, 0) is 63.1 Å². The number of benzene rings is 2. The van der Waals surface area contributed by atoms with E-state index in [1.165, 1.54) is 36.4 Å². The van der Waals surface area contributed by atoms with Crippen molar-refractivity contribution in [1.82, 2.24) is 0 Å². The van der Waals surface area contributed by atoms with Gasteiger partial charge in [-0.25, -0.2) is 0 Å². The molecule has 0 aliphatic rings. The molecule has 0 atom stereocenters. The minimum atomic E-state index is 0.115. The first-order valence-corrected chi connectivity index (χ1v) is 9.95. The largest absolute Gasteiger partial charge is 0.508 e. The second-order valence-electron chi connectivity index (χ2n) is 7.10. The van der Waals surface area contributed by atoms with Gasteiger partial charge in [-0.1, -0.05) is 19.3 Å². The van der Waals surface area contributed by atoms with Crippen LogP contribution in [0.5, 0.6) is 23.0 Å². The number of rotatable bonds is 10. The summed E-state index contributed by atoms with van der Waals surface area (Å²) in [4.78, 5) is 8.96. The maximum absolute atomic E-state index is 9.84. The average Bonchev–Trinajstić information content (AvgIpc) is 2.69. The Morgan fingerprint density at radius 2 is 1.00 bits per heavy atom. The molecule has 29 heavy (non-hydrogen) atoms. The second-order valence-corrected chi connectivity index (χ2v) is 7.10. The van der Waals surface area contributed by atoms with Gasteiger partial charge in [0.1, 0.15) is 23.0 Å². The highest BCUT2D eigenvalue weighted by atomic mass is 16.3. The summed E-state index contributed by atoms with van der Waals surface area (Å²) in [6.45, 7) is 5.04. The number of phenols is 4. The van der Waals surface area contributed by atoms with Gasteiger partial charge in [-0.2, -0.15) is 0 Å². The van der Waals surface area contributed by atoms with Gasteiger partial charge in [0.05, 0.1) is 0 Å². The van der Waals surface area contributed by atoms with E-state index in [0.29, 0.717) is 24.2 Å². The van der Waals surface area contributed by atoms with E-state index in [9.17, 15) is 20.4 Å². The monoisotopic (exact) mass is 398 g/mol. The van der Waals surface area contributed by atoms with Crippen LogP contribution in [0.25, 0.3) is 0 Å². The lowest BCUT2D eigenvalue weighted by molar-refractivity contribution is 0.459. The summed E-state index contributed by atoms with van der Waals surface area (Å²) in [6, 6.07) is 8.88. The molecule has 2 aromatic rings. The molecule has 6 heteroatoms. The van der Waals surface area contributed by atoms with E-state index in [1.807, 2.05) is 13.8 Å². The Hall–Kier alpha value is -3.02. The minimum Gasteiger partial charge on any atom is -0.508 e. The third-order valence-electron chi connectivity index (χ3n) is 4.75. The Balaban J connectivity index is 1.65. The molecule has 0 heterocycles. The third kappa shape index (κ3) is 7.14. The molecule has 6 nitrogen and oxygen atoms in total. The molecule has 0 aromatic heterocycles. The Morgan fingerprint density at radius 3 is 1.41 bits per heavy atom. The van der Waals surface area contributed by atoms with Crippen LogP contribution in [0.4, 0.5) is 0 Å². The molecule has 2 aromatic carbocycles. The molecule has 0 fully saturated rings. The Kier molecular flexibility index (Phi) is 8.52.